The largest absolute Gasteiger partial charge is 0.497 e. The van der Waals surface area contributed by atoms with Gasteiger partial charge >= 0.3 is 0 Å². The van der Waals surface area contributed by atoms with Crippen LogP contribution in [0.5, 0.6) is 11.5 Å². The Bertz CT molecular complexity index is 501. The van der Waals surface area contributed by atoms with Crippen LogP contribution in [0, 0.1) is 0 Å². The lowest BCUT2D eigenvalue weighted by atomic mass is 10.1. The fraction of sp³-hybridized carbons (Fsp3) is 0.533. The fourth-order valence-electron chi connectivity index (χ4n) is 1.81. The van der Waals surface area contributed by atoms with Gasteiger partial charge in [-0.05, 0) is 39.0 Å². The Morgan fingerprint density at radius 1 is 1.32 bits per heavy atom. The number of methoxy groups -OCH3 is 2. The molecule has 6 nitrogen and oxygen atoms in total. The summed E-state index contributed by atoms with van der Waals surface area (Å²) in [4.78, 5) is 4.15. The number of rotatable bonds is 5. The second-order valence-electron chi connectivity index (χ2n) is 5.72. The molecule has 0 bridgehead atoms. The number of aliphatic imine (C=N–C) groups is 1. The number of hydrogen-bond donors (Lipinski definition) is 3. The van der Waals surface area contributed by atoms with Gasteiger partial charge in [0.15, 0.2) is 5.96 Å². The lowest BCUT2D eigenvalue weighted by Crippen LogP contribution is -2.45. The number of aliphatic hydroxyl groups is 1. The van der Waals surface area contributed by atoms with E-state index in [2.05, 4.69) is 10.3 Å². The molecule has 0 spiro atoms. The summed E-state index contributed by atoms with van der Waals surface area (Å²) < 4.78 is 10.4. The Labute approximate surface area is 149 Å². The number of nitrogens with two attached hydrogens (primary N) is 1. The van der Waals surface area contributed by atoms with Crippen LogP contribution in [0.1, 0.15) is 32.4 Å². The number of hydrogen-bond acceptors (Lipinski definition) is 4. The summed E-state index contributed by atoms with van der Waals surface area (Å²) in [6, 6.07) is 5.25. The van der Waals surface area contributed by atoms with E-state index in [1.165, 1.54) is 0 Å². The zero-order chi connectivity index (χ0) is 16.0. The van der Waals surface area contributed by atoms with E-state index in [4.69, 9.17) is 15.2 Å². The molecule has 1 rings (SSSR count). The highest BCUT2D eigenvalue weighted by atomic mass is 127. The molecular weight excluding hydrogens is 397 g/mol. The molecule has 126 valence electrons. The minimum absolute atomic E-state index is 0. The van der Waals surface area contributed by atoms with Crippen LogP contribution in [-0.2, 0) is 0 Å². The van der Waals surface area contributed by atoms with Crippen molar-refractivity contribution in [3.8, 4) is 11.5 Å². The van der Waals surface area contributed by atoms with Gasteiger partial charge in [0, 0.05) is 11.1 Å². The summed E-state index contributed by atoms with van der Waals surface area (Å²) in [6.07, 6.45) is -0.824. The van der Waals surface area contributed by atoms with Gasteiger partial charge in [0.25, 0.3) is 0 Å². The van der Waals surface area contributed by atoms with E-state index in [0.29, 0.717) is 23.0 Å². The van der Waals surface area contributed by atoms with Gasteiger partial charge in [-0.1, -0.05) is 0 Å². The van der Waals surface area contributed by atoms with Crippen LogP contribution in [0.4, 0.5) is 0 Å². The Hall–Kier alpha value is -1.22. The van der Waals surface area contributed by atoms with Crippen molar-refractivity contribution in [2.24, 2.45) is 10.7 Å². The molecule has 0 aliphatic carbocycles. The van der Waals surface area contributed by atoms with Gasteiger partial charge in [0.1, 0.15) is 17.6 Å². The summed E-state index contributed by atoms with van der Waals surface area (Å²) in [5.74, 6) is 1.53. The van der Waals surface area contributed by atoms with Crippen molar-refractivity contribution in [2.45, 2.75) is 32.4 Å². The maximum atomic E-state index is 10.3. The molecule has 0 aliphatic rings. The van der Waals surface area contributed by atoms with Gasteiger partial charge < -0.3 is 25.6 Å². The lowest BCUT2D eigenvalue weighted by Gasteiger charge is -2.21. The minimum Gasteiger partial charge on any atom is -0.497 e. The summed E-state index contributed by atoms with van der Waals surface area (Å²) in [7, 11) is 3.12. The predicted molar refractivity (Wildman–Crippen MR) is 99.3 cm³/mol. The normalized spacial score (nSPS) is 13.1. The topological polar surface area (TPSA) is 89.1 Å². The summed E-state index contributed by atoms with van der Waals surface area (Å²) in [6.45, 7) is 6.09. The molecule has 0 heterocycles. The molecule has 0 fully saturated rings. The summed E-state index contributed by atoms with van der Waals surface area (Å²) in [5.41, 5.74) is 6.23. The third kappa shape index (κ3) is 6.69. The number of aliphatic hydroxyl groups excluding tert-OH is 1. The first-order chi connectivity index (χ1) is 9.76. The van der Waals surface area contributed by atoms with Gasteiger partial charge in [-0.15, -0.1) is 24.0 Å². The molecule has 22 heavy (non-hydrogen) atoms. The molecule has 0 amide bonds. The molecule has 0 radical (unpaired) electrons. The molecule has 4 N–H and O–H groups in total. The number of halogens is 1. The predicted octanol–water partition coefficient (Wildman–Crippen LogP) is 2.06. The SMILES string of the molecule is COc1ccc(OC)c(C(O)CN=C(N)NC(C)(C)C)c1.I. The molecule has 1 atom stereocenters. The molecule has 1 aromatic rings. The van der Waals surface area contributed by atoms with Crippen molar-refractivity contribution in [3.63, 3.8) is 0 Å². The van der Waals surface area contributed by atoms with Crippen molar-refractivity contribution in [2.75, 3.05) is 20.8 Å². The van der Waals surface area contributed by atoms with E-state index < -0.39 is 6.10 Å². The lowest BCUT2D eigenvalue weighted by molar-refractivity contribution is 0.182. The average molecular weight is 423 g/mol. The van der Waals surface area contributed by atoms with Crippen LogP contribution in [0.2, 0.25) is 0 Å². The molecule has 0 saturated carbocycles. The smallest absolute Gasteiger partial charge is 0.189 e. The molecular formula is C15H26IN3O3. The van der Waals surface area contributed by atoms with Crippen LogP contribution in [0.3, 0.4) is 0 Å². The highest BCUT2D eigenvalue weighted by molar-refractivity contribution is 14.0. The third-order valence-corrected chi connectivity index (χ3v) is 2.73. The minimum atomic E-state index is -0.824. The maximum Gasteiger partial charge on any atom is 0.189 e. The van der Waals surface area contributed by atoms with Gasteiger partial charge in [-0.3, -0.25) is 4.99 Å². The van der Waals surface area contributed by atoms with Crippen LogP contribution < -0.4 is 20.5 Å². The molecule has 1 unspecified atom stereocenters. The van der Waals surface area contributed by atoms with Gasteiger partial charge in [-0.2, -0.15) is 0 Å². The zero-order valence-corrected chi connectivity index (χ0v) is 16.0. The monoisotopic (exact) mass is 423 g/mol. The summed E-state index contributed by atoms with van der Waals surface area (Å²) in [5, 5.41) is 13.3. The van der Waals surface area contributed by atoms with Crippen molar-refractivity contribution in [1.29, 1.82) is 0 Å². The molecule has 7 heteroatoms. The Kier molecular flexibility index (Phi) is 8.54. The molecule has 0 aliphatic heterocycles. The van der Waals surface area contributed by atoms with Crippen LogP contribution in [-0.4, -0.2) is 37.4 Å². The molecule has 0 aromatic heterocycles. The first kappa shape index (κ1) is 20.8. The first-order valence-electron chi connectivity index (χ1n) is 6.75. The van der Waals surface area contributed by atoms with Crippen molar-refractivity contribution in [3.05, 3.63) is 23.8 Å². The third-order valence-electron chi connectivity index (χ3n) is 2.73. The standard InChI is InChI=1S/C15H25N3O3.HI/c1-15(2,3)18-14(16)17-9-12(19)11-8-10(20-4)6-7-13(11)21-5;/h6-8,12,19H,9H2,1-5H3,(H3,16,17,18);1H. The summed E-state index contributed by atoms with van der Waals surface area (Å²) >= 11 is 0. The Balaban J connectivity index is 0.00000441. The van der Waals surface area contributed by atoms with Gasteiger partial charge in [-0.25, -0.2) is 0 Å². The first-order valence-corrected chi connectivity index (χ1v) is 6.75. The number of nitrogens with zero attached hydrogens (tertiary/aromatic N) is 1. The van der Waals surface area contributed by atoms with Crippen LogP contribution in [0.15, 0.2) is 23.2 Å². The molecule has 1 aromatic carbocycles. The van der Waals surface area contributed by atoms with Gasteiger partial charge in [0.2, 0.25) is 0 Å². The molecule has 0 saturated heterocycles. The van der Waals surface area contributed by atoms with Crippen LogP contribution >= 0.6 is 24.0 Å². The fourth-order valence-corrected chi connectivity index (χ4v) is 1.81. The second-order valence-corrected chi connectivity index (χ2v) is 5.72. The van der Waals surface area contributed by atoms with Crippen molar-refractivity contribution in [1.82, 2.24) is 5.32 Å². The second kappa shape index (κ2) is 9.04. The van der Waals surface area contributed by atoms with E-state index in [0.717, 1.165) is 0 Å². The maximum absolute atomic E-state index is 10.3. The Morgan fingerprint density at radius 3 is 2.45 bits per heavy atom. The number of ether oxygens (including phenoxy) is 2. The van der Waals surface area contributed by atoms with Crippen LogP contribution in [0.25, 0.3) is 0 Å². The van der Waals surface area contributed by atoms with E-state index in [9.17, 15) is 5.11 Å². The highest BCUT2D eigenvalue weighted by Gasteiger charge is 2.15. The van der Waals surface area contributed by atoms with Gasteiger partial charge in [0.05, 0.1) is 20.8 Å². The number of benzene rings is 1. The highest BCUT2D eigenvalue weighted by Crippen LogP contribution is 2.29. The van der Waals surface area contributed by atoms with E-state index in [1.807, 2.05) is 20.8 Å². The van der Waals surface area contributed by atoms with Crippen molar-refractivity contribution < 1.29 is 14.6 Å². The quantitative estimate of drug-likeness (QED) is 0.383. The number of guanidine groups is 1. The Morgan fingerprint density at radius 2 is 1.95 bits per heavy atom. The van der Waals surface area contributed by atoms with Crippen molar-refractivity contribution >= 4 is 29.9 Å². The average Bonchev–Trinajstić information content (AvgIpc) is 2.42. The van der Waals surface area contributed by atoms with E-state index in [1.54, 1.807) is 32.4 Å². The van der Waals surface area contributed by atoms with E-state index >= 15 is 0 Å². The van der Waals surface area contributed by atoms with E-state index in [-0.39, 0.29) is 36.1 Å². The zero-order valence-electron chi connectivity index (χ0n) is 13.7. The number of nitrogens with one attached hydrogen (secondary N) is 1.